The van der Waals surface area contributed by atoms with Crippen LogP contribution >= 0.6 is 0 Å². The van der Waals surface area contributed by atoms with Gasteiger partial charge < -0.3 is 0 Å². The summed E-state index contributed by atoms with van der Waals surface area (Å²) in [5.41, 5.74) is 5.58. The molecule has 0 aromatic heterocycles. The normalized spacial score (nSPS) is 14.4. The summed E-state index contributed by atoms with van der Waals surface area (Å²) in [6, 6.07) is 36.2. The van der Waals surface area contributed by atoms with Crippen molar-refractivity contribution in [1.82, 2.24) is 0 Å². The van der Waals surface area contributed by atoms with E-state index in [0.717, 1.165) is 0 Å². The van der Waals surface area contributed by atoms with Crippen molar-refractivity contribution in [3.05, 3.63) is 108 Å². The molecule has 7 rings (SSSR count). The van der Waals surface area contributed by atoms with Crippen LogP contribution < -0.4 is 0 Å². The number of hydrogen-bond acceptors (Lipinski definition) is 0. The van der Waals surface area contributed by atoms with Crippen LogP contribution in [-0.2, 0) is 5.41 Å². The fraction of sp³-hybridized carbons (Fsp3) is 0.0968. The van der Waals surface area contributed by atoms with Crippen LogP contribution in [0.1, 0.15) is 25.0 Å². The van der Waals surface area contributed by atoms with E-state index in [1.54, 1.807) is 0 Å². The van der Waals surface area contributed by atoms with Crippen molar-refractivity contribution < 1.29 is 0 Å². The quantitative estimate of drug-likeness (QED) is 0.179. The fourth-order valence-electron chi connectivity index (χ4n) is 5.85. The molecule has 1 aliphatic rings. The molecule has 0 unspecified atom stereocenters. The van der Waals surface area contributed by atoms with E-state index in [1.165, 1.54) is 65.3 Å². The lowest BCUT2D eigenvalue weighted by Gasteiger charge is -2.36. The van der Waals surface area contributed by atoms with Crippen LogP contribution in [0.15, 0.2) is 97.1 Å². The van der Waals surface area contributed by atoms with Gasteiger partial charge in [-0.2, -0.15) is 0 Å². The summed E-state index contributed by atoms with van der Waals surface area (Å²) in [6.07, 6.45) is 0. The van der Waals surface area contributed by atoms with Gasteiger partial charge in [0.25, 0.3) is 0 Å². The molecule has 146 valence electrons. The molecule has 0 heterocycles. The highest BCUT2D eigenvalue weighted by molar-refractivity contribution is 6.20. The van der Waals surface area contributed by atoms with Crippen LogP contribution in [0, 0.1) is 0 Å². The predicted octanol–water partition coefficient (Wildman–Crippen LogP) is 8.61. The zero-order chi connectivity index (χ0) is 20.7. The second-order valence-corrected chi connectivity index (χ2v) is 9.41. The molecule has 0 heteroatoms. The average molecular weight is 395 g/mol. The van der Waals surface area contributed by atoms with Gasteiger partial charge in [-0.1, -0.05) is 92.7 Å². The first kappa shape index (κ1) is 17.1. The molecule has 0 fully saturated rings. The van der Waals surface area contributed by atoms with Gasteiger partial charge in [0, 0.05) is 5.41 Å². The van der Waals surface area contributed by atoms with Gasteiger partial charge in [0.15, 0.2) is 0 Å². The summed E-state index contributed by atoms with van der Waals surface area (Å²) in [4.78, 5) is 0. The molecule has 31 heavy (non-hydrogen) atoms. The molecule has 0 saturated heterocycles. The summed E-state index contributed by atoms with van der Waals surface area (Å²) in [6.45, 7) is 4.76. The Morgan fingerprint density at radius 1 is 0.484 bits per heavy atom. The number of benzene rings is 6. The van der Waals surface area contributed by atoms with E-state index in [4.69, 9.17) is 0 Å². The highest BCUT2D eigenvalue weighted by Crippen LogP contribution is 2.52. The molecule has 6 aromatic rings. The zero-order valence-electron chi connectivity index (χ0n) is 17.7. The Morgan fingerprint density at radius 2 is 1.16 bits per heavy atom. The minimum absolute atomic E-state index is 0.0515. The first-order valence-corrected chi connectivity index (χ1v) is 11.0. The van der Waals surface area contributed by atoms with Gasteiger partial charge in [-0.15, -0.1) is 0 Å². The molecule has 0 atom stereocenters. The third-order valence-corrected chi connectivity index (χ3v) is 7.39. The highest BCUT2D eigenvalue weighted by atomic mass is 14.4. The van der Waals surface area contributed by atoms with Gasteiger partial charge in [0.1, 0.15) is 0 Å². The van der Waals surface area contributed by atoms with E-state index in [9.17, 15) is 0 Å². The lowest BCUT2D eigenvalue weighted by atomic mass is 9.67. The summed E-state index contributed by atoms with van der Waals surface area (Å²) in [5.74, 6) is 0. The van der Waals surface area contributed by atoms with Crippen molar-refractivity contribution >= 4 is 43.1 Å². The maximum absolute atomic E-state index is 2.42. The van der Waals surface area contributed by atoms with Crippen LogP contribution in [0.5, 0.6) is 0 Å². The van der Waals surface area contributed by atoms with E-state index in [2.05, 4.69) is 111 Å². The second kappa shape index (κ2) is 5.74. The molecular weight excluding hydrogens is 372 g/mol. The van der Waals surface area contributed by atoms with Crippen LogP contribution in [0.3, 0.4) is 0 Å². The van der Waals surface area contributed by atoms with E-state index in [0.29, 0.717) is 0 Å². The molecule has 0 N–H and O–H groups in total. The lowest BCUT2D eigenvalue weighted by Crippen LogP contribution is -2.23. The molecule has 0 radical (unpaired) electrons. The summed E-state index contributed by atoms with van der Waals surface area (Å²) in [7, 11) is 0. The topological polar surface area (TPSA) is 0 Å². The van der Waals surface area contributed by atoms with Gasteiger partial charge in [-0.25, -0.2) is 0 Å². The van der Waals surface area contributed by atoms with Crippen molar-refractivity contribution in [2.45, 2.75) is 19.3 Å². The highest BCUT2D eigenvalue weighted by Gasteiger charge is 2.34. The van der Waals surface area contributed by atoms with Crippen LogP contribution in [-0.4, -0.2) is 0 Å². The number of hydrogen-bond donors (Lipinski definition) is 0. The van der Waals surface area contributed by atoms with Gasteiger partial charge in [-0.05, 0) is 83.5 Å². The standard InChI is InChI=1S/C31H22/c1-31(2)27-13-7-12-24-23-11-6-5-10-21(23)18-26(29(24)27)30-25-17-20-9-4-3-8-19(20)16-22(25)14-15-28(30)31/h3-18H,1-2H3. The van der Waals surface area contributed by atoms with Crippen molar-refractivity contribution in [3.63, 3.8) is 0 Å². The average Bonchev–Trinajstić information content (AvgIpc) is 2.80. The minimum atomic E-state index is -0.0515. The van der Waals surface area contributed by atoms with Gasteiger partial charge in [-0.3, -0.25) is 0 Å². The third-order valence-electron chi connectivity index (χ3n) is 7.39. The van der Waals surface area contributed by atoms with E-state index >= 15 is 0 Å². The minimum Gasteiger partial charge on any atom is -0.0616 e. The predicted molar refractivity (Wildman–Crippen MR) is 134 cm³/mol. The number of fused-ring (bicyclic) bond motifs is 7. The van der Waals surface area contributed by atoms with E-state index in [1.807, 2.05) is 0 Å². The van der Waals surface area contributed by atoms with Crippen molar-refractivity contribution in [2.75, 3.05) is 0 Å². The summed E-state index contributed by atoms with van der Waals surface area (Å²) in [5, 5.41) is 10.7. The van der Waals surface area contributed by atoms with Crippen molar-refractivity contribution in [1.29, 1.82) is 0 Å². The molecule has 1 aliphatic carbocycles. The second-order valence-electron chi connectivity index (χ2n) is 9.41. The van der Waals surface area contributed by atoms with Gasteiger partial charge in [0.05, 0.1) is 0 Å². The molecule has 0 amide bonds. The largest absolute Gasteiger partial charge is 0.0616 e. The summed E-state index contributed by atoms with van der Waals surface area (Å²) >= 11 is 0. The molecule has 0 saturated carbocycles. The van der Waals surface area contributed by atoms with Crippen LogP contribution in [0.25, 0.3) is 54.2 Å². The number of rotatable bonds is 0. The van der Waals surface area contributed by atoms with E-state index < -0.39 is 0 Å². The fourth-order valence-corrected chi connectivity index (χ4v) is 5.85. The Kier molecular flexibility index (Phi) is 3.16. The van der Waals surface area contributed by atoms with Gasteiger partial charge >= 0.3 is 0 Å². The molecule has 0 bridgehead atoms. The first-order chi connectivity index (χ1) is 15.1. The Labute approximate surface area is 181 Å². The lowest BCUT2D eigenvalue weighted by molar-refractivity contribution is 0.646. The molecule has 0 aliphatic heterocycles. The monoisotopic (exact) mass is 394 g/mol. The Bertz CT molecular complexity index is 1700. The summed E-state index contributed by atoms with van der Waals surface area (Å²) < 4.78 is 0. The van der Waals surface area contributed by atoms with Crippen molar-refractivity contribution in [2.24, 2.45) is 0 Å². The van der Waals surface area contributed by atoms with E-state index in [-0.39, 0.29) is 5.41 Å². The molecular formula is C31H22. The maximum Gasteiger partial charge on any atom is 0.0159 e. The van der Waals surface area contributed by atoms with Crippen molar-refractivity contribution in [3.8, 4) is 11.1 Å². The van der Waals surface area contributed by atoms with Crippen LogP contribution in [0.4, 0.5) is 0 Å². The van der Waals surface area contributed by atoms with Crippen LogP contribution in [0.2, 0.25) is 0 Å². The first-order valence-electron chi connectivity index (χ1n) is 11.0. The smallest absolute Gasteiger partial charge is 0.0159 e. The molecule has 0 nitrogen and oxygen atoms in total. The zero-order valence-corrected chi connectivity index (χ0v) is 17.7. The Morgan fingerprint density at radius 3 is 2.00 bits per heavy atom. The molecule has 0 spiro atoms. The molecule has 6 aromatic carbocycles. The SMILES string of the molecule is CC1(C)c2ccc3cc4ccccc4cc3c2-c2cc3ccccc3c3cccc1c23. The Hall–Kier alpha value is -3.64. The van der Waals surface area contributed by atoms with Gasteiger partial charge in [0.2, 0.25) is 0 Å². The third kappa shape index (κ3) is 2.15. The maximum atomic E-state index is 2.42. The Balaban J connectivity index is 1.76.